The second-order valence-corrected chi connectivity index (χ2v) is 6.30. The molecule has 3 unspecified atom stereocenters. The van der Waals surface area contributed by atoms with Crippen LogP contribution < -0.4 is 5.32 Å². The lowest BCUT2D eigenvalue weighted by Crippen LogP contribution is -2.58. The highest BCUT2D eigenvalue weighted by Crippen LogP contribution is 2.26. The molecule has 1 aromatic rings. The highest BCUT2D eigenvalue weighted by Gasteiger charge is 2.38. The summed E-state index contributed by atoms with van der Waals surface area (Å²) >= 11 is 0. The molecule has 0 spiro atoms. The first-order valence-electron chi connectivity index (χ1n) is 7.80. The van der Waals surface area contributed by atoms with Gasteiger partial charge in [0.15, 0.2) is 0 Å². The average molecular weight is 291 g/mol. The van der Waals surface area contributed by atoms with E-state index in [0.717, 1.165) is 18.7 Å². The zero-order chi connectivity index (χ0) is 15.0. The second-order valence-electron chi connectivity index (χ2n) is 6.30. The van der Waals surface area contributed by atoms with Gasteiger partial charge >= 0.3 is 0 Å². The molecule has 1 N–H and O–H groups in total. The number of carbonyl (C=O) groups is 1. The summed E-state index contributed by atoms with van der Waals surface area (Å²) in [6.45, 7) is 5.20. The Labute approximate surface area is 126 Å². The van der Waals surface area contributed by atoms with Gasteiger partial charge in [0.1, 0.15) is 6.04 Å². The van der Waals surface area contributed by atoms with Crippen molar-refractivity contribution in [3.05, 3.63) is 18.0 Å². The highest BCUT2D eigenvalue weighted by atomic mass is 16.2. The van der Waals surface area contributed by atoms with E-state index >= 15 is 0 Å². The Morgan fingerprint density at radius 3 is 2.95 bits per heavy atom. The normalized spacial score (nSPS) is 27.7. The molecule has 0 saturated carbocycles. The number of piperazine rings is 1. The van der Waals surface area contributed by atoms with E-state index in [1.165, 1.54) is 19.4 Å². The highest BCUT2D eigenvalue weighted by molar-refractivity contribution is 5.83. The minimum absolute atomic E-state index is 0.171. The predicted octanol–water partition coefficient (Wildman–Crippen LogP) is 0.376. The molecule has 0 bridgehead atoms. The van der Waals surface area contributed by atoms with E-state index in [4.69, 9.17) is 0 Å². The van der Waals surface area contributed by atoms with Crippen LogP contribution >= 0.6 is 0 Å². The first-order valence-corrected chi connectivity index (χ1v) is 7.80. The van der Waals surface area contributed by atoms with Gasteiger partial charge in [-0.3, -0.25) is 14.4 Å². The topological polar surface area (TPSA) is 53.4 Å². The molecule has 2 aliphatic heterocycles. The van der Waals surface area contributed by atoms with Gasteiger partial charge in [0.2, 0.25) is 5.91 Å². The molecule has 3 rings (SSSR count). The SMILES string of the molecule is CNC(C(=O)N1CC2CCCN2CC1C)c1cnn(C)c1. The molecule has 3 heterocycles. The van der Waals surface area contributed by atoms with Crippen molar-refractivity contribution in [1.82, 2.24) is 24.9 Å². The molecule has 6 nitrogen and oxygen atoms in total. The molecule has 2 fully saturated rings. The molecule has 3 atom stereocenters. The Morgan fingerprint density at radius 2 is 2.29 bits per heavy atom. The number of hydrogen-bond acceptors (Lipinski definition) is 4. The molecule has 6 heteroatoms. The van der Waals surface area contributed by atoms with E-state index in [0.29, 0.717) is 6.04 Å². The number of aryl methyl sites for hydroxylation is 1. The van der Waals surface area contributed by atoms with E-state index in [2.05, 4.69) is 27.1 Å². The van der Waals surface area contributed by atoms with Crippen LogP contribution in [-0.4, -0.2) is 64.3 Å². The Kier molecular flexibility index (Phi) is 3.99. The van der Waals surface area contributed by atoms with Crippen molar-refractivity contribution in [2.75, 3.05) is 26.7 Å². The third kappa shape index (κ3) is 2.70. The molecule has 0 aromatic carbocycles. The quantitative estimate of drug-likeness (QED) is 0.874. The summed E-state index contributed by atoms with van der Waals surface area (Å²) < 4.78 is 1.74. The summed E-state index contributed by atoms with van der Waals surface area (Å²) in [5.41, 5.74) is 0.936. The van der Waals surface area contributed by atoms with Gasteiger partial charge in [-0.1, -0.05) is 0 Å². The predicted molar refractivity (Wildman–Crippen MR) is 80.8 cm³/mol. The summed E-state index contributed by atoms with van der Waals surface area (Å²) in [6, 6.07) is 0.532. The van der Waals surface area contributed by atoms with Gasteiger partial charge in [-0.2, -0.15) is 5.10 Å². The Morgan fingerprint density at radius 1 is 1.48 bits per heavy atom. The van der Waals surface area contributed by atoms with Gasteiger partial charge in [-0.25, -0.2) is 0 Å². The molecule has 2 saturated heterocycles. The molecule has 1 aromatic heterocycles. The average Bonchev–Trinajstić information content (AvgIpc) is 3.07. The van der Waals surface area contributed by atoms with Crippen LogP contribution in [0.2, 0.25) is 0 Å². The van der Waals surface area contributed by atoms with Crippen molar-refractivity contribution in [3.8, 4) is 0 Å². The Balaban J connectivity index is 1.76. The zero-order valence-electron chi connectivity index (χ0n) is 13.1. The fraction of sp³-hybridized carbons (Fsp3) is 0.733. The van der Waals surface area contributed by atoms with Crippen LogP contribution in [0.25, 0.3) is 0 Å². The van der Waals surface area contributed by atoms with Crippen molar-refractivity contribution < 1.29 is 4.79 Å². The fourth-order valence-corrected chi connectivity index (χ4v) is 3.68. The minimum Gasteiger partial charge on any atom is -0.335 e. The number of carbonyl (C=O) groups excluding carboxylic acids is 1. The van der Waals surface area contributed by atoms with Crippen LogP contribution in [0.4, 0.5) is 0 Å². The van der Waals surface area contributed by atoms with E-state index in [-0.39, 0.29) is 18.0 Å². The maximum Gasteiger partial charge on any atom is 0.244 e. The smallest absolute Gasteiger partial charge is 0.244 e. The van der Waals surface area contributed by atoms with Crippen LogP contribution in [0.1, 0.15) is 31.4 Å². The lowest BCUT2D eigenvalue weighted by molar-refractivity contribution is -0.139. The first-order chi connectivity index (χ1) is 10.1. The van der Waals surface area contributed by atoms with Gasteiger partial charge in [0.05, 0.1) is 6.20 Å². The number of aromatic nitrogens is 2. The lowest BCUT2D eigenvalue weighted by Gasteiger charge is -2.43. The van der Waals surface area contributed by atoms with Crippen molar-refractivity contribution >= 4 is 5.91 Å². The maximum atomic E-state index is 12.9. The molecular formula is C15H25N5O. The van der Waals surface area contributed by atoms with E-state index in [1.807, 2.05) is 20.3 Å². The molecule has 1 amide bonds. The number of nitrogens with one attached hydrogen (secondary N) is 1. The van der Waals surface area contributed by atoms with Gasteiger partial charge < -0.3 is 10.2 Å². The first kappa shape index (κ1) is 14.5. The summed E-state index contributed by atoms with van der Waals surface area (Å²) in [5.74, 6) is 0.171. The number of nitrogens with zero attached hydrogens (tertiary/aromatic N) is 4. The van der Waals surface area contributed by atoms with Gasteiger partial charge in [-0.15, -0.1) is 0 Å². The van der Waals surface area contributed by atoms with Crippen LogP contribution in [-0.2, 0) is 11.8 Å². The number of fused-ring (bicyclic) bond motifs is 1. The molecule has 2 aliphatic rings. The van der Waals surface area contributed by atoms with Gasteiger partial charge in [0, 0.05) is 44.0 Å². The van der Waals surface area contributed by atoms with E-state index < -0.39 is 0 Å². The monoisotopic (exact) mass is 291 g/mol. The standard InChI is InChI=1S/C15H25N5O/c1-11-8-19-6-4-5-13(19)10-20(11)15(21)14(16-2)12-7-17-18(3)9-12/h7,9,11,13-14,16H,4-6,8,10H2,1-3H3. The molecule has 116 valence electrons. The number of likely N-dealkylation sites (N-methyl/N-ethyl adjacent to an activating group) is 1. The summed E-state index contributed by atoms with van der Waals surface area (Å²) in [7, 11) is 3.71. The number of hydrogen-bond donors (Lipinski definition) is 1. The fourth-order valence-electron chi connectivity index (χ4n) is 3.68. The van der Waals surface area contributed by atoms with E-state index in [9.17, 15) is 4.79 Å². The number of rotatable bonds is 3. The Hall–Kier alpha value is -1.40. The van der Waals surface area contributed by atoms with Crippen molar-refractivity contribution in [2.45, 2.75) is 37.9 Å². The zero-order valence-corrected chi connectivity index (χ0v) is 13.1. The van der Waals surface area contributed by atoms with Crippen molar-refractivity contribution in [2.24, 2.45) is 7.05 Å². The maximum absolute atomic E-state index is 12.9. The third-order valence-electron chi connectivity index (χ3n) is 4.81. The summed E-state index contributed by atoms with van der Waals surface area (Å²) in [6.07, 6.45) is 6.16. The van der Waals surface area contributed by atoms with Crippen LogP contribution in [0.5, 0.6) is 0 Å². The van der Waals surface area contributed by atoms with Crippen LogP contribution in [0.15, 0.2) is 12.4 Å². The van der Waals surface area contributed by atoms with Crippen molar-refractivity contribution in [1.29, 1.82) is 0 Å². The Bertz CT molecular complexity index is 514. The van der Waals surface area contributed by atoms with Gasteiger partial charge in [0.25, 0.3) is 0 Å². The van der Waals surface area contributed by atoms with Crippen molar-refractivity contribution in [3.63, 3.8) is 0 Å². The molecule has 21 heavy (non-hydrogen) atoms. The molecule has 0 radical (unpaired) electrons. The van der Waals surface area contributed by atoms with E-state index in [1.54, 1.807) is 10.9 Å². The molecular weight excluding hydrogens is 266 g/mol. The largest absolute Gasteiger partial charge is 0.335 e. The minimum atomic E-state index is -0.297. The lowest BCUT2D eigenvalue weighted by atomic mass is 10.0. The molecule has 0 aliphatic carbocycles. The van der Waals surface area contributed by atoms with Crippen LogP contribution in [0, 0.1) is 0 Å². The summed E-state index contributed by atoms with van der Waals surface area (Å²) in [4.78, 5) is 17.5. The second kappa shape index (κ2) is 5.77. The summed E-state index contributed by atoms with van der Waals surface area (Å²) in [5, 5.41) is 7.33. The van der Waals surface area contributed by atoms with Gasteiger partial charge in [-0.05, 0) is 33.4 Å². The third-order valence-corrected chi connectivity index (χ3v) is 4.81. The van der Waals surface area contributed by atoms with Crippen LogP contribution in [0.3, 0.4) is 0 Å². The number of amides is 1.